The van der Waals surface area contributed by atoms with E-state index in [9.17, 15) is 0 Å². The highest BCUT2D eigenvalue weighted by molar-refractivity contribution is 5.67. The van der Waals surface area contributed by atoms with Crippen molar-refractivity contribution >= 4 is 5.57 Å². The summed E-state index contributed by atoms with van der Waals surface area (Å²) in [7, 11) is 0. The van der Waals surface area contributed by atoms with Gasteiger partial charge in [0.1, 0.15) is 0 Å². The summed E-state index contributed by atoms with van der Waals surface area (Å²) in [5, 5.41) is 3.55. The van der Waals surface area contributed by atoms with Gasteiger partial charge < -0.3 is 5.32 Å². The average molecular weight is 326 g/mol. The number of benzene rings is 1. The second kappa shape index (κ2) is 10.2. The molecule has 1 atom stereocenters. The zero-order valence-corrected chi connectivity index (χ0v) is 16.2. The van der Waals surface area contributed by atoms with Gasteiger partial charge in [0, 0.05) is 11.7 Å². The van der Waals surface area contributed by atoms with Crippen LogP contribution in [0.2, 0.25) is 0 Å². The fourth-order valence-electron chi connectivity index (χ4n) is 3.18. The Morgan fingerprint density at radius 3 is 2.38 bits per heavy atom. The average Bonchev–Trinajstić information content (AvgIpc) is 2.52. The Morgan fingerprint density at radius 2 is 1.79 bits per heavy atom. The summed E-state index contributed by atoms with van der Waals surface area (Å²) in [6, 6.07) is 7.04. The first kappa shape index (κ1) is 20.3. The third-order valence-electron chi connectivity index (χ3n) is 4.39. The maximum absolute atomic E-state index is 4.29. The molecule has 0 amide bonds. The van der Waals surface area contributed by atoms with Crippen LogP contribution in [0.25, 0.3) is 5.57 Å². The maximum atomic E-state index is 4.29. The van der Waals surface area contributed by atoms with Crippen molar-refractivity contribution in [1.82, 2.24) is 5.32 Å². The fraction of sp³-hybridized carbons (Fsp3) is 0.478. The van der Waals surface area contributed by atoms with Gasteiger partial charge in [-0.25, -0.2) is 0 Å². The van der Waals surface area contributed by atoms with Crippen molar-refractivity contribution in [2.24, 2.45) is 0 Å². The molecule has 0 radical (unpaired) electrons. The molecular formula is C23H35N. The van der Waals surface area contributed by atoms with E-state index in [2.05, 4.69) is 70.9 Å². The molecule has 0 saturated heterocycles. The first-order valence-electron chi connectivity index (χ1n) is 9.26. The third-order valence-corrected chi connectivity index (χ3v) is 4.39. The lowest BCUT2D eigenvalue weighted by Crippen LogP contribution is -2.27. The molecule has 1 N–H and O–H groups in total. The predicted molar refractivity (Wildman–Crippen MR) is 109 cm³/mol. The lowest BCUT2D eigenvalue weighted by atomic mass is 9.90. The van der Waals surface area contributed by atoms with Crippen LogP contribution in [0.5, 0.6) is 0 Å². The summed E-state index contributed by atoms with van der Waals surface area (Å²) in [5.41, 5.74) is 7.82. The molecule has 0 heterocycles. The summed E-state index contributed by atoms with van der Waals surface area (Å²) >= 11 is 0. The first-order valence-corrected chi connectivity index (χ1v) is 9.26. The molecule has 1 heteroatoms. The van der Waals surface area contributed by atoms with E-state index in [1.54, 1.807) is 0 Å². The molecule has 0 fully saturated rings. The molecule has 24 heavy (non-hydrogen) atoms. The largest absolute Gasteiger partial charge is 0.386 e. The van der Waals surface area contributed by atoms with E-state index in [-0.39, 0.29) is 0 Å². The monoisotopic (exact) mass is 325 g/mol. The maximum Gasteiger partial charge on any atom is 0.0270 e. The van der Waals surface area contributed by atoms with Crippen LogP contribution in [0.15, 0.2) is 49.2 Å². The second-order valence-corrected chi connectivity index (χ2v) is 6.96. The molecule has 0 saturated carbocycles. The molecule has 132 valence electrons. The molecule has 1 aromatic rings. The zero-order chi connectivity index (χ0) is 18.1. The van der Waals surface area contributed by atoms with E-state index in [4.69, 9.17) is 0 Å². The SMILES string of the molecule is C=C(C)CCC(=C)NC(C)Cc1cccc(C(=C)CCC)c1CC. The molecule has 1 nitrogen and oxygen atoms in total. The second-order valence-electron chi connectivity index (χ2n) is 6.96. The number of nitrogens with one attached hydrogen (secondary N) is 1. The molecular weight excluding hydrogens is 290 g/mol. The van der Waals surface area contributed by atoms with Crippen LogP contribution >= 0.6 is 0 Å². The van der Waals surface area contributed by atoms with Gasteiger partial charge in [0.2, 0.25) is 0 Å². The van der Waals surface area contributed by atoms with E-state index in [1.165, 1.54) is 27.8 Å². The third kappa shape index (κ3) is 6.39. The van der Waals surface area contributed by atoms with Gasteiger partial charge in [-0.1, -0.05) is 57.2 Å². The quantitative estimate of drug-likeness (QED) is 0.461. The normalized spacial score (nSPS) is 11.8. The summed E-state index contributed by atoms with van der Waals surface area (Å²) in [4.78, 5) is 0. The Morgan fingerprint density at radius 1 is 1.08 bits per heavy atom. The molecule has 1 rings (SSSR count). The topological polar surface area (TPSA) is 12.0 Å². The standard InChI is InChI=1S/C23H35N/c1-8-11-18(5)23-13-10-12-21(22(23)9-2)16-20(7)24-19(6)15-14-17(3)4/h10,12-13,20,24H,3,5-6,8-9,11,14-16H2,1-2,4,7H3. The minimum Gasteiger partial charge on any atom is -0.386 e. The zero-order valence-electron chi connectivity index (χ0n) is 16.2. The lowest BCUT2D eigenvalue weighted by Gasteiger charge is -2.21. The minimum atomic E-state index is 0.377. The van der Waals surface area contributed by atoms with E-state index >= 15 is 0 Å². The van der Waals surface area contributed by atoms with E-state index in [0.29, 0.717) is 6.04 Å². The molecule has 0 spiro atoms. The summed E-state index contributed by atoms with van der Waals surface area (Å²) < 4.78 is 0. The van der Waals surface area contributed by atoms with Crippen LogP contribution < -0.4 is 5.32 Å². The number of hydrogen-bond donors (Lipinski definition) is 1. The Kier molecular flexibility index (Phi) is 8.60. The molecule has 1 unspecified atom stereocenters. The van der Waals surface area contributed by atoms with Crippen molar-refractivity contribution in [2.45, 2.75) is 72.3 Å². The van der Waals surface area contributed by atoms with Crippen LogP contribution in [-0.2, 0) is 12.8 Å². The Bertz CT molecular complexity index is 580. The summed E-state index contributed by atoms with van der Waals surface area (Å²) in [6.45, 7) is 21.2. The molecule has 1 aromatic carbocycles. The van der Waals surface area contributed by atoms with Crippen LogP contribution in [0, 0.1) is 0 Å². The minimum absolute atomic E-state index is 0.377. The highest BCUT2D eigenvalue weighted by atomic mass is 14.9. The van der Waals surface area contributed by atoms with Gasteiger partial charge in [0.25, 0.3) is 0 Å². The number of hydrogen-bond acceptors (Lipinski definition) is 1. The van der Waals surface area contributed by atoms with Gasteiger partial charge in [-0.05, 0) is 68.2 Å². The van der Waals surface area contributed by atoms with Crippen LogP contribution in [0.1, 0.15) is 70.1 Å². The van der Waals surface area contributed by atoms with Gasteiger partial charge >= 0.3 is 0 Å². The smallest absolute Gasteiger partial charge is 0.0270 e. The fourth-order valence-corrected chi connectivity index (χ4v) is 3.18. The summed E-state index contributed by atoms with van der Waals surface area (Å²) in [6.07, 6.45) is 6.26. The highest BCUT2D eigenvalue weighted by Gasteiger charge is 2.12. The summed E-state index contributed by atoms with van der Waals surface area (Å²) in [5.74, 6) is 0. The lowest BCUT2D eigenvalue weighted by molar-refractivity contribution is 0.590. The molecule has 0 bridgehead atoms. The van der Waals surface area contributed by atoms with Gasteiger partial charge in [-0.2, -0.15) is 0 Å². The van der Waals surface area contributed by atoms with Crippen molar-refractivity contribution in [3.63, 3.8) is 0 Å². The molecule has 0 aliphatic heterocycles. The predicted octanol–water partition coefficient (Wildman–Crippen LogP) is 6.45. The van der Waals surface area contributed by atoms with Gasteiger partial charge in [0.05, 0.1) is 0 Å². The Labute approximate surface area is 149 Å². The van der Waals surface area contributed by atoms with Gasteiger partial charge in [0.15, 0.2) is 0 Å². The molecule has 0 aliphatic carbocycles. The Hall–Kier alpha value is -1.76. The van der Waals surface area contributed by atoms with E-state index < -0.39 is 0 Å². The number of rotatable bonds is 11. The van der Waals surface area contributed by atoms with Crippen LogP contribution in [0.4, 0.5) is 0 Å². The van der Waals surface area contributed by atoms with Crippen molar-refractivity contribution in [2.75, 3.05) is 0 Å². The Balaban J connectivity index is 2.79. The first-order chi connectivity index (χ1) is 11.4. The van der Waals surface area contributed by atoms with Crippen molar-refractivity contribution in [3.8, 4) is 0 Å². The van der Waals surface area contributed by atoms with Crippen LogP contribution in [0.3, 0.4) is 0 Å². The van der Waals surface area contributed by atoms with Crippen molar-refractivity contribution in [3.05, 3.63) is 65.9 Å². The van der Waals surface area contributed by atoms with E-state index in [0.717, 1.165) is 44.2 Å². The van der Waals surface area contributed by atoms with Crippen LogP contribution in [-0.4, -0.2) is 6.04 Å². The molecule has 0 aliphatic rings. The van der Waals surface area contributed by atoms with Crippen molar-refractivity contribution < 1.29 is 0 Å². The molecule has 0 aromatic heterocycles. The van der Waals surface area contributed by atoms with Gasteiger partial charge in [-0.3, -0.25) is 0 Å². The van der Waals surface area contributed by atoms with E-state index in [1.807, 2.05) is 0 Å². The van der Waals surface area contributed by atoms with Crippen molar-refractivity contribution in [1.29, 1.82) is 0 Å². The highest BCUT2D eigenvalue weighted by Crippen LogP contribution is 2.26. The number of allylic oxidation sites excluding steroid dienone is 3. The van der Waals surface area contributed by atoms with Gasteiger partial charge in [-0.15, -0.1) is 6.58 Å².